The van der Waals surface area contributed by atoms with Gasteiger partial charge >= 0.3 is 0 Å². The van der Waals surface area contributed by atoms with E-state index in [1.807, 2.05) is 19.3 Å². The highest BCUT2D eigenvalue weighted by atomic mass is 15.4. The third kappa shape index (κ3) is 1.50. The number of hydrazine groups is 1. The Hall–Kier alpha value is -1.73. The van der Waals surface area contributed by atoms with Crippen LogP contribution in [0.1, 0.15) is 17.4 Å². The molecule has 0 radical (unpaired) electrons. The van der Waals surface area contributed by atoms with Crippen molar-refractivity contribution in [3.63, 3.8) is 0 Å². The van der Waals surface area contributed by atoms with Gasteiger partial charge < -0.3 is 0 Å². The fraction of sp³-hybridized carbons (Fsp3) is 0.286. The summed E-state index contributed by atoms with van der Waals surface area (Å²) in [5.41, 5.74) is 4.16. The summed E-state index contributed by atoms with van der Waals surface area (Å²) >= 11 is 0. The average molecular weight is 193 g/mol. The zero-order valence-corrected chi connectivity index (χ0v) is 7.68. The van der Waals surface area contributed by atoms with Crippen LogP contribution in [-0.2, 0) is 7.05 Å². The molecular weight excluding hydrogens is 182 g/mol. The summed E-state index contributed by atoms with van der Waals surface area (Å²) in [6.45, 7) is 0. The Bertz CT molecular complexity index is 390. The predicted molar refractivity (Wildman–Crippen MR) is 48.8 cm³/mol. The van der Waals surface area contributed by atoms with Gasteiger partial charge in [-0.25, -0.2) is 5.43 Å². The van der Waals surface area contributed by atoms with Crippen LogP contribution in [0.25, 0.3) is 0 Å². The molecule has 0 spiro atoms. The van der Waals surface area contributed by atoms with Crippen LogP contribution < -0.4 is 11.3 Å². The van der Waals surface area contributed by atoms with Crippen LogP contribution in [0.3, 0.4) is 0 Å². The normalized spacial score (nSPS) is 13.0. The van der Waals surface area contributed by atoms with Crippen molar-refractivity contribution in [3.8, 4) is 0 Å². The summed E-state index contributed by atoms with van der Waals surface area (Å²) in [6.07, 6.45) is 3.46. The number of hydrogen-bond donors (Lipinski definition) is 3. The molecule has 0 aliphatic carbocycles. The predicted octanol–water partition coefficient (Wildman–Crippen LogP) is -0.909. The van der Waals surface area contributed by atoms with Gasteiger partial charge in [-0.05, 0) is 6.07 Å². The summed E-state index contributed by atoms with van der Waals surface area (Å²) in [5, 5.41) is 14.4. The van der Waals surface area contributed by atoms with Crippen LogP contribution in [0.15, 0.2) is 18.5 Å². The van der Waals surface area contributed by atoms with Gasteiger partial charge in [-0.1, -0.05) is 0 Å². The van der Waals surface area contributed by atoms with Gasteiger partial charge in [0, 0.05) is 13.2 Å². The number of aromatic nitrogens is 5. The Labute approximate surface area is 80.3 Å². The molecule has 2 heterocycles. The van der Waals surface area contributed by atoms with Crippen LogP contribution in [0.2, 0.25) is 0 Å². The molecule has 2 aromatic rings. The highest BCUT2D eigenvalue weighted by Crippen LogP contribution is 2.15. The molecule has 1 atom stereocenters. The first kappa shape index (κ1) is 8.85. The molecule has 2 aromatic heterocycles. The van der Waals surface area contributed by atoms with E-state index in [4.69, 9.17) is 5.84 Å². The largest absolute Gasteiger partial charge is 0.275 e. The highest BCUT2D eigenvalue weighted by molar-refractivity contribution is 5.17. The van der Waals surface area contributed by atoms with Crippen LogP contribution in [0.4, 0.5) is 0 Å². The molecule has 7 heteroatoms. The average Bonchev–Trinajstić information content (AvgIpc) is 2.79. The van der Waals surface area contributed by atoms with E-state index in [9.17, 15) is 0 Å². The third-order valence-electron chi connectivity index (χ3n) is 1.93. The van der Waals surface area contributed by atoms with E-state index in [0.717, 1.165) is 5.69 Å². The van der Waals surface area contributed by atoms with E-state index in [0.29, 0.717) is 5.69 Å². The Kier molecular flexibility index (Phi) is 2.25. The van der Waals surface area contributed by atoms with E-state index in [1.165, 1.54) is 0 Å². The van der Waals surface area contributed by atoms with E-state index in [2.05, 4.69) is 25.9 Å². The molecule has 2 rings (SSSR count). The topological polar surface area (TPSA) is 97.4 Å². The second kappa shape index (κ2) is 3.56. The number of aromatic amines is 1. The van der Waals surface area contributed by atoms with Gasteiger partial charge in [-0.2, -0.15) is 20.5 Å². The summed E-state index contributed by atoms with van der Waals surface area (Å²) in [6, 6.07) is 1.65. The molecule has 0 fully saturated rings. The molecule has 4 N–H and O–H groups in total. The molecule has 0 aliphatic rings. The van der Waals surface area contributed by atoms with Crippen molar-refractivity contribution in [2.24, 2.45) is 12.9 Å². The van der Waals surface area contributed by atoms with E-state index in [1.54, 1.807) is 10.9 Å². The number of nitrogens with two attached hydrogens (primary N) is 1. The van der Waals surface area contributed by atoms with Crippen LogP contribution in [-0.4, -0.2) is 25.2 Å². The van der Waals surface area contributed by atoms with Gasteiger partial charge in [0.25, 0.3) is 0 Å². The van der Waals surface area contributed by atoms with Gasteiger partial charge in [0.2, 0.25) is 0 Å². The Morgan fingerprint density at radius 3 is 2.93 bits per heavy atom. The lowest BCUT2D eigenvalue weighted by Gasteiger charge is -2.08. The second-order valence-electron chi connectivity index (χ2n) is 2.91. The molecule has 0 aromatic carbocycles. The van der Waals surface area contributed by atoms with Gasteiger partial charge in [-0.15, -0.1) is 0 Å². The van der Waals surface area contributed by atoms with Crippen LogP contribution >= 0.6 is 0 Å². The fourth-order valence-corrected chi connectivity index (χ4v) is 1.26. The van der Waals surface area contributed by atoms with Crippen molar-refractivity contribution in [3.05, 3.63) is 29.8 Å². The van der Waals surface area contributed by atoms with Crippen molar-refractivity contribution < 1.29 is 0 Å². The lowest BCUT2D eigenvalue weighted by atomic mass is 10.2. The zero-order valence-electron chi connectivity index (χ0n) is 7.68. The van der Waals surface area contributed by atoms with Crippen molar-refractivity contribution in [1.82, 2.24) is 30.6 Å². The minimum atomic E-state index is -0.227. The molecule has 0 bridgehead atoms. The maximum absolute atomic E-state index is 5.42. The number of nitrogens with zero attached hydrogens (tertiary/aromatic N) is 4. The molecule has 0 aliphatic heterocycles. The van der Waals surface area contributed by atoms with Gasteiger partial charge in [0.1, 0.15) is 11.7 Å². The van der Waals surface area contributed by atoms with Crippen molar-refractivity contribution >= 4 is 0 Å². The molecule has 0 saturated heterocycles. The molecule has 0 amide bonds. The number of aryl methyl sites for hydroxylation is 1. The number of nitrogens with one attached hydrogen (secondary N) is 2. The van der Waals surface area contributed by atoms with Crippen molar-refractivity contribution in [2.45, 2.75) is 6.04 Å². The van der Waals surface area contributed by atoms with Gasteiger partial charge in [0.05, 0.1) is 11.9 Å². The van der Waals surface area contributed by atoms with E-state index in [-0.39, 0.29) is 6.04 Å². The first-order valence-electron chi connectivity index (χ1n) is 4.12. The lowest BCUT2D eigenvalue weighted by Crippen LogP contribution is -2.29. The van der Waals surface area contributed by atoms with Gasteiger partial charge in [-0.3, -0.25) is 10.5 Å². The minimum absolute atomic E-state index is 0.227. The minimum Gasteiger partial charge on any atom is -0.275 e. The molecule has 1 unspecified atom stereocenters. The number of H-pyrrole nitrogens is 1. The summed E-state index contributed by atoms with van der Waals surface area (Å²) in [7, 11) is 1.85. The van der Waals surface area contributed by atoms with Gasteiger partial charge in [0.15, 0.2) is 0 Å². The molecule has 7 nitrogen and oxygen atoms in total. The summed E-state index contributed by atoms with van der Waals surface area (Å²) in [4.78, 5) is 0. The summed E-state index contributed by atoms with van der Waals surface area (Å²) in [5.74, 6) is 5.42. The monoisotopic (exact) mass is 193 g/mol. The third-order valence-corrected chi connectivity index (χ3v) is 1.93. The first-order chi connectivity index (χ1) is 6.81. The second-order valence-corrected chi connectivity index (χ2v) is 2.91. The Morgan fingerprint density at radius 1 is 1.57 bits per heavy atom. The first-order valence-corrected chi connectivity index (χ1v) is 4.12. The molecule has 14 heavy (non-hydrogen) atoms. The maximum Gasteiger partial charge on any atom is 0.110 e. The molecule has 0 saturated carbocycles. The summed E-state index contributed by atoms with van der Waals surface area (Å²) < 4.78 is 1.71. The fourth-order valence-electron chi connectivity index (χ4n) is 1.26. The van der Waals surface area contributed by atoms with E-state index < -0.39 is 0 Å². The van der Waals surface area contributed by atoms with Crippen molar-refractivity contribution in [1.29, 1.82) is 0 Å². The zero-order chi connectivity index (χ0) is 9.97. The highest BCUT2D eigenvalue weighted by Gasteiger charge is 2.17. The lowest BCUT2D eigenvalue weighted by molar-refractivity contribution is 0.589. The Morgan fingerprint density at radius 2 is 2.43 bits per heavy atom. The molecule has 74 valence electrons. The van der Waals surface area contributed by atoms with Crippen LogP contribution in [0.5, 0.6) is 0 Å². The number of rotatable bonds is 3. The van der Waals surface area contributed by atoms with E-state index >= 15 is 0 Å². The molecular formula is C7H11N7. The maximum atomic E-state index is 5.42. The Balaban J connectivity index is 2.31. The smallest absolute Gasteiger partial charge is 0.110 e. The van der Waals surface area contributed by atoms with Crippen LogP contribution in [0, 0.1) is 0 Å². The quantitative estimate of drug-likeness (QED) is 0.433. The standard InChI is InChI=1S/C7H11N7/c1-14-3-2-5(12-14)7(10-8)6-4-9-13-11-6/h2-4,7,10H,8H2,1H3,(H,9,11,13). The van der Waals surface area contributed by atoms with Crippen molar-refractivity contribution in [2.75, 3.05) is 0 Å². The SMILES string of the molecule is Cn1ccc(C(NN)c2cn[nH]n2)n1. The number of hydrogen-bond acceptors (Lipinski definition) is 5.